The number of halogens is 2. The molecular weight excluding hydrogens is 474 g/mol. The van der Waals surface area contributed by atoms with Gasteiger partial charge < -0.3 is 14.4 Å². The van der Waals surface area contributed by atoms with Crippen LogP contribution < -0.4 is 4.74 Å². The number of β-amino-alcohol motifs (C(OH)–C–C–N with tert-alkyl or cyclic N) is 1. The highest BCUT2D eigenvalue weighted by molar-refractivity contribution is 7.18. The lowest BCUT2D eigenvalue weighted by Gasteiger charge is -2.35. The van der Waals surface area contributed by atoms with E-state index >= 15 is 0 Å². The van der Waals surface area contributed by atoms with E-state index in [9.17, 15) is 13.9 Å². The molecule has 10 heteroatoms. The molecule has 2 aromatic carbocycles. The van der Waals surface area contributed by atoms with Gasteiger partial charge in [-0.2, -0.15) is 0 Å². The minimum Gasteiger partial charge on any atom is -0.491 e. The predicted molar refractivity (Wildman–Crippen MR) is 129 cm³/mol. The molecule has 3 heterocycles. The lowest BCUT2D eigenvalue weighted by molar-refractivity contribution is 0.0442. The van der Waals surface area contributed by atoms with Gasteiger partial charge in [0.25, 0.3) is 0 Å². The van der Waals surface area contributed by atoms with Crippen molar-refractivity contribution in [3.05, 3.63) is 64.8 Å². The molecule has 35 heavy (non-hydrogen) atoms. The Morgan fingerprint density at radius 3 is 2.69 bits per heavy atom. The third-order valence-corrected chi connectivity index (χ3v) is 6.94. The summed E-state index contributed by atoms with van der Waals surface area (Å²) in [5.41, 5.74) is 1.79. The van der Waals surface area contributed by atoms with Crippen molar-refractivity contribution in [3.63, 3.8) is 0 Å². The van der Waals surface area contributed by atoms with Gasteiger partial charge in [0.1, 0.15) is 30.1 Å². The van der Waals surface area contributed by atoms with Gasteiger partial charge in [0.15, 0.2) is 5.76 Å². The molecule has 0 spiro atoms. The van der Waals surface area contributed by atoms with Gasteiger partial charge >= 0.3 is 0 Å². The maximum absolute atomic E-state index is 14.0. The van der Waals surface area contributed by atoms with Gasteiger partial charge in [-0.05, 0) is 31.2 Å². The van der Waals surface area contributed by atoms with E-state index < -0.39 is 17.7 Å². The Hall–Kier alpha value is -2.92. The number of ether oxygens (including phenoxy) is 1. The van der Waals surface area contributed by atoms with Crippen molar-refractivity contribution in [3.8, 4) is 17.1 Å². The molecule has 0 aliphatic carbocycles. The van der Waals surface area contributed by atoms with Crippen LogP contribution in [-0.4, -0.2) is 70.5 Å². The molecule has 1 atom stereocenters. The second kappa shape index (κ2) is 10.4. The monoisotopic (exact) mass is 500 g/mol. The second-order valence-electron chi connectivity index (χ2n) is 8.71. The third-order valence-electron chi connectivity index (χ3n) is 5.98. The number of aliphatic hydroxyl groups excluding tert-OH is 1. The van der Waals surface area contributed by atoms with Crippen LogP contribution in [0.2, 0.25) is 0 Å². The van der Waals surface area contributed by atoms with Gasteiger partial charge in [-0.15, -0.1) is 11.3 Å². The van der Waals surface area contributed by atoms with Crippen LogP contribution in [0.3, 0.4) is 0 Å². The molecule has 0 bridgehead atoms. The Balaban J connectivity index is 1.07. The van der Waals surface area contributed by atoms with Gasteiger partial charge in [0, 0.05) is 57.5 Å². The molecule has 1 aliphatic heterocycles. The summed E-state index contributed by atoms with van der Waals surface area (Å²) in [6.45, 7) is 6.52. The number of thiazole rings is 1. The lowest BCUT2D eigenvalue weighted by atomic mass is 10.1. The largest absolute Gasteiger partial charge is 0.491 e. The zero-order valence-corrected chi connectivity index (χ0v) is 20.1. The molecule has 0 amide bonds. The van der Waals surface area contributed by atoms with E-state index in [1.807, 2.05) is 25.1 Å². The molecule has 1 fully saturated rings. The van der Waals surface area contributed by atoms with Crippen molar-refractivity contribution >= 4 is 21.6 Å². The molecule has 1 N–H and O–H groups in total. The van der Waals surface area contributed by atoms with E-state index in [0.29, 0.717) is 24.5 Å². The maximum atomic E-state index is 14.0. The number of nitrogens with zero attached hydrogens (tertiary/aromatic N) is 4. The number of aromatic nitrogens is 2. The fourth-order valence-corrected chi connectivity index (χ4v) is 5.02. The Labute approximate surface area is 205 Å². The highest BCUT2D eigenvalue weighted by atomic mass is 32.1. The summed E-state index contributed by atoms with van der Waals surface area (Å²) in [6.07, 6.45) is -0.599. The van der Waals surface area contributed by atoms with E-state index in [1.54, 1.807) is 17.4 Å². The Morgan fingerprint density at radius 2 is 1.89 bits per heavy atom. The van der Waals surface area contributed by atoms with E-state index in [4.69, 9.17) is 9.26 Å². The van der Waals surface area contributed by atoms with Crippen LogP contribution in [0.1, 0.15) is 10.7 Å². The van der Waals surface area contributed by atoms with E-state index in [0.717, 1.165) is 47.5 Å². The van der Waals surface area contributed by atoms with E-state index in [-0.39, 0.29) is 17.9 Å². The normalized spacial score (nSPS) is 16.1. The molecule has 1 saturated heterocycles. The first-order valence-electron chi connectivity index (χ1n) is 11.5. The highest BCUT2D eigenvalue weighted by Gasteiger charge is 2.21. The van der Waals surface area contributed by atoms with Crippen LogP contribution in [-0.2, 0) is 6.54 Å². The minimum absolute atomic E-state index is 0.188. The van der Waals surface area contributed by atoms with Gasteiger partial charge in [-0.25, -0.2) is 13.8 Å². The summed E-state index contributed by atoms with van der Waals surface area (Å²) in [4.78, 5) is 8.91. The van der Waals surface area contributed by atoms with Crippen LogP contribution in [0.4, 0.5) is 8.78 Å². The third kappa shape index (κ3) is 5.84. The highest BCUT2D eigenvalue weighted by Crippen LogP contribution is 2.26. The first-order valence-corrected chi connectivity index (χ1v) is 12.3. The van der Waals surface area contributed by atoms with Crippen LogP contribution in [0, 0.1) is 18.6 Å². The molecule has 0 unspecified atom stereocenters. The second-order valence-corrected chi connectivity index (χ2v) is 9.95. The van der Waals surface area contributed by atoms with Crippen molar-refractivity contribution in [1.29, 1.82) is 0 Å². The predicted octanol–water partition coefficient (Wildman–Crippen LogP) is 4.10. The number of fused-ring (bicyclic) bond motifs is 1. The molecule has 2 aromatic heterocycles. The fraction of sp³-hybridized carbons (Fsp3) is 0.360. The van der Waals surface area contributed by atoms with Crippen molar-refractivity contribution < 1.29 is 23.1 Å². The average molecular weight is 501 g/mol. The zero-order valence-electron chi connectivity index (χ0n) is 19.3. The van der Waals surface area contributed by atoms with Crippen molar-refractivity contribution in [2.45, 2.75) is 19.6 Å². The number of aryl methyl sites for hydroxylation is 1. The number of hydrogen-bond acceptors (Lipinski definition) is 8. The standard InChI is InChI=1S/C25H26F2N4O3S/c1-16-28-23-12-20(3-5-25(23)35-16)33-15-19(32)14-31-8-6-30(7-9-31)13-18-11-24(34-29-18)21-4-2-17(26)10-22(21)27/h2-5,10-12,19,32H,6-9,13-15H2,1H3/t19-/m0/s1. The Kier molecular flexibility index (Phi) is 7.05. The summed E-state index contributed by atoms with van der Waals surface area (Å²) >= 11 is 1.65. The molecule has 184 valence electrons. The smallest absolute Gasteiger partial charge is 0.170 e. The summed E-state index contributed by atoms with van der Waals surface area (Å²) < 4.78 is 39.3. The van der Waals surface area contributed by atoms with Crippen LogP contribution in [0.15, 0.2) is 47.0 Å². The van der Waals surface area contributed by atoms with Crippen molar-refractivity contribution in [2.75, 3.05) is 39.3 Å². The first kappa shape index (κ1) is 23.8. The first-order chi connectivity index (χ1) is 16.9. The Bertz CT molecular complexity index is 1300. The summed E-state index contributed by atoms with van der Waals surface area (Å²) in [6, 6.07) is 10.9. The topological polar surface area (TPSA) is 74.9 Å². The van der Waals surface area contributed by atoms with E-state index in [2.05, 4.69) is 19.9 Å². The van der Waals surface area contributed by atoms with Crippen LogP contribution in [0.5, 0.6) is 5.75 Å². The molecule has 4 aromatic rings. The minimum atomic E-state index is -0.678. The van der Waals surface area contributed by atoms with Gasteiger partial charge in [-0.3, -0.25) is 9.80 Å². The molecule has 1 aliphatic rings. The number of hydrogen-bond donors (Lipinski definition) is 1. The quantitative estimate of drug-likeness (QED) is 0.391. The van der Waals surface area contributed by atoms with E-state index in [1.165, 1.54) is 12.1 Å². The summed E-state index contributed by atoms with van der Waals surface area (Å²) in [5, 5.41) is 15.5. The van der Waals surface area contributed by atoms with Crippen molar-refractivity contribution in [1.82, 2.24) is 19.9 Å². The maximum Gasteiger partial charge on any atom is 0.170 e. The molecule has 7 nitrogen and oxygen atoms in total. The fourth-order valence-electron chi connectivity index (χ4n) is 4.22. The summed E-state index contributed by atoms with van der Waals surface area (Å²) in [7, 11) is 0. The molecule has 0 saturated carbocycles. The molecular formula is C25H26F2N4O3S. The van der Waals surface area contributed by atoms with Gasteiger partial charge in [-0.1, -0.05) is 5.16 Å². The van der Waals surface area contributed by atoms with Crippen LogP contribution >= 0.6 is 11.3 Å². The number of aliphatic hydroxyl groups is 1. The average Bonchev–Trinajstić information content (AvgIpc) is 3.44. The number of benzene rings is 2. The number of rotatable bonds is 8. The van der Waals surface area contributed by atoms with Gasteiger partial charge in [0.2, 0.25) is 0 Å². The summed E-state index contributed by atoms with van der Waals surface area (Å²) in [5.74, 6) is -0.321. The SMILES string of the molecule is Cc1nc2cc(OC[C@@H](O)CN3CCN(Cc4cc(-c5ccc(F)cc5F)on4)CC3)ccc2s1. The Morgan fingerprint density at radius 1 is 1.09 bits per heavy atom. The van der Waals surface area contributed by atoms with Crippen LogP contribution in [0.25, 0.3) is 21.5 Å². The van der Waals surface area contributed by atoms with Crippen molar-refractivity contribution in [2.24, 2.45) is 0 Å². The molecule has 5 rings (SSSR count). The lowest BCUT2D eigenvalue weighted by Crippen LogP contribution is -2.48. The zero-order chi connectivity index (χ0) is 24.4. The van der Waals surface area contributed by atoms with Gasteiger partial charge in [0.05, 0.1) is 26.5 Å². The number of piperazine rings is 1. The molecule has 0 radical (unpaired) electrons.